The molecule has 0 aromatic rings. The Morgan fingerprint density at radius 1 is 1.44 bits per heavy atom. The molecule has 0 aliphatic carbocycles. The lowest BCUT2D eigenvalue weighted by molar-refractivity contribution is -0.153. The Morgan fingerprint density at radius 2 is 2.11 bits per heavy atom. The van der Waals surface area contributed by atoms with Gasteiger partial charge in [0.25, 0.3) is 0 Å². The fraction of sp³-hybridized carbons (Fsp3) is 0.700. The van der Waals surface area contributed by atoms with Crippen molar-refractivity contribution in [1.29, 1.82) is 0 Å². The van der Waals surface area contributed by atoms with Gasteiger partial charge in [0.2, 0.25) is 5.91 Å². The summed E-state index contributed by atoms with van der Waals surface area (Å²) in [4.78, 5) is 36.0. The van der Waals surface area contributed by atoms with Crippen molar-refractivity contribution in [2.24, 2.45) is 0 Å². The van der Waals surface area contributed by atoms with Gasteiger partial charge in [-0.3, -0.25) is 14.5 Å². The fourth-order valence-corrected chi connectivity index (χ4v) is 1.76. The highest BCUT2D eigenvalue weighted by Gasteiger charge is 2.37. The van der Waals surface area contributed by atoms with Crippen molar-refractivity contribution in [3.8, 4) is 0 Å². The standard InChI is InChI=1S/C10H16N2O6/c1-2-18-8(14)5-11-3-4-12(10(16)17)7(6-13)9(11)15/h7,13H,2-6H2,1H3,(H,16,17). The lowest BCUT2D eigenvalue weighted by Gasteiger charge is -2.37. The first-order chi connectivity index (χ1) is 8.51. The van der Waals surface area contributed by atoms with Gasteiger partial charge in [-0.2, -0.15) is 0 Å². The SMILES string of the molecule is CCOC(=O)CN1CCN(C(=O)O)C(CO)C1=O. The third-order valence-electron chi connectivity index (χ3n) is 2.63. The maximum Gasteiger partial charge on any atom is 0.408 e. The third-order valence-corrected chi connectivity index (χ3v) is 2.63. The Hall–Kier alpha value is -1.83. The van der Waals surface area contributed by atoms with Gasteiger partial charge in [-0.25, -0.2) is 4.79 Å². The minimum Gasteiger partial charge on any atom is -0.465 e. The molecule has 0 aromatic carbocycles. The topological polar surface area (TPSA) is 107 Å². The number of nitrogens with zero attached hydrogens (tertiary/aromatic N) is 2. The number of aliphatic hydroxyl groups is 1. The van der Waals surface area contributed by atoms with Crippen LogP contribution in [0.5, 0.6) is 0 Å². The van der Waals surface area contributed by atoms with Crippen molar-refractivity contribution in [3.63, 3.8) is 0 Å². The van der Waals surface area contributed by atoms with E-state index in [1.165, 1.54) is 4.90 Å². The van der Waals surface area contributed by atoms with E-state index in [0.717, 1.165) is 4.90 Å². The lowest BCUT2D eigenvalue weighted by Crippen LogP contribution is -2.60. The quantitative estimate of drug-likeness (QED) is 0.610. The van der Waals surface area contributed by atoms with E-state index in [1.807, 2.05) is 0 Å². The van der Waals surface area contributed by atoms with Crippen LogP contribution in [0.15, 0.2) is 0 Å². The minimum absolute atomic E-state index is 0.0612. The van der Waals surface area contributed by atoms with Crippen LogP contribution in [0.3, 0.4) is 0 Å². The van der Waals surface area contributed by atoms with Crippen LogP contribution in [0.25, 0.3) is 0 Å². The van der Waals surface area contributed by atoms with Crippen LogP contribution < -0.4 is 0 Å². The summed E-state index contributed by atoms with van der Waals surface area (Å²) in [6, 6.07) is -1.15. The molecule has 1 aliphatic heterocycles. The predicted molar refractivity (Wildman–Crippen MR) is 58.8 cm³/mol. The van der Waals surface area contributed by atoms with Gasteiger partial charge in [0.15, 0.2) is 0 Å². The van der Waals surface area contributed by atoms with Gasteiger partial charge >= 0.3 is 12.1 Å². The molecule has 1 heterocycles. The number of carbonyl (C=O) groups is 3. The van der Waals surface area contributed by atoms with Crippen LogP contribution >= 0.6 is 0 Å². The molecular weight excluding hydrogens is 244 g/mol. The van der Waals surface area contributed by atoms with Gasteiger partial charge < -0.3 is 19.8 Å². The van der Waals surface area contributed by atoms with Crippen LogP contribution in [-0.2, 0) is 14.3 Å². The second kappa shape index (κ2) is 6.20. The van der Waals surface area contributed by atoms with Gasteiger partial charge in [0, 0.05) is 13.1 Å². The van der Waals surface area contributed by atoms with Crippen molar-refractivity contribution < 1.29 is 29.3 Å². The van der Waals surface area contributed by atoms with Gasteiger partial charge in [0.1, 0.15) is 12.6 Å². The van der Waals surface area contributed by atoms with E-state index < -0.39 is 30.6 Å². The molecule has 8 heteroatoms. The summed E-state index contributed by atoms with van der Waals surface area (Å²) in [6.45, 7) is 1.21. The predicted octanol–water partition coefficient (Wildman–Crippen LogP) is -1.27. The smallest absolute Gasteiger partial charge is 0.408 e. The number of amides is 2. The molecule has 0 bridgehead atoms. The molecule has 0 spiro atoms. The summed E-state index contributed by atoms with van der Waals surface area (Å²) in [7, 11) is 0. The first kappa shape index (κ1) is 14.2. The van der Waals surface area contributed by atoms with Crippen LogP contribution in [0.2, 0.25) is 0 Å². The summed E-state index contributed by atoms with van der Waals surface area (Å²) < 4.78 is 4.71. The molecule has 1 rings (SSSR count). The summed E-state index contributed by atoms with van der Waals surface area (Å²) in [5, 5.41) is 17.9. The number of hydrogen-bond acceptors (Lipinski definition) is 5. The van der Waals surface area contributed by atoms with Gasteiger partial charge in [0.05, 0.1) is 13.2 Å². The molecule has 18 heavy (non-hydrogen) atoms. The Kier molecular flexibility index (Phi) is 4.90. The zero-order valence-corrected chi connectivity index (χ0v) is 10.0. The molecule has 2 N–H and O–H groups in total. The molecule has 1 saturated heterocycles. The van der Waals surface area contributed by atoms with Crippen molar-refractivity contribution in [3.05, 3.63) is 0 Å². The number of piperazine rings is 1. The van der Waals surface area contributed by atoms with Crippen molar-refractivity contribution in [2.75, 3.05) is 32.8 Å². The third kappa shape index (κ3) is 3.10. The number of aliphatic hydroxyl groups excluding tert-OH is 1. The molecule has 1 aliphatic rings. The van der Waals surface area contributed by atoms with Crippen LogP contribution in [0.4, 0.5) is 4.79 Å². The van der Waals surface area contributed by atoms with Crippen LogP contribution in [-0.4, -0.2) is 76.9 Å². The van der Waals surface area contributed by atoms with E-state index in [4.69, 9.17) is 14.9 Å². The highest BCUT2D eigenvalue weighted by atomic mass is 16.5. The highest BCUT2D eigenvalue weighted by molar-refractivity contribution is 5.89. The monoisotopic (exact) mass is 260 g/mol. The van der Waals surface area contributed by atoms with E-state index in [-0.39, 0.29) is 26.2 Å². The van der Waals surface area contributed by atoms with E-state index >= 15 is 0 Å². The second-order valence-corrected chi connectivity index (χ2v) is 3.74. The molecule has 102 valence electrons. The average molecular weight is 260 g/mol. The Labute approximate surface area is 104 Å². The summed E-state index contributed by atoms with van der Waals surface area (Å²) >= 11 is 0. The summed E-state index contributed by atoms with van der Waals surface area (Å²) in [5.41, 5.74) is 0. The molecule has 0 saturated carbocycles. The largest absolute Gasteiger partial charge is 0.465 e. The molecule has 0 radical (unpaired) electrons. The molecule has 8 nitrogen and oxygen atoms in total. The van der Waals surface area contributed by atoms with E-state index in [0.29, 0.717) is 0 Å². The Morgan fingerprint density at radius 3 is 2.61 bits per heavy atom. The zero-order chi connectivity index (χ0) is 13.7. The lowest BCUT2D eigenvalue weighted by atomic mass is 10.1. The highest BCUT2D eigenvalue weighted by Crippen LogP contribution is 2.11. The normalized spacial score (nSPS) is 19.9. The van der Waals surface area contributed by atoms with Crippen molar-refractivity contribution in [1.82, 2.24) is 9.80 Å². The number of rotatable bonds is 4. The van der Waals surface area contributed by atoms with E-state index in [9.17, 15) is 14.4 Å². The molecule has 0 aromatic heterocycles. The molecular formula is C10H16N2O6. The molecule has 1 fully saturated rings. The first-order valence-corrected chi connectivity index (χ1v) is 5.56. The molecule has 1 unspecified atom stereocenters. The Bertz CT molecular complexity index is 345. The number of ether oxygens (including phenoxy) is 1. The van der Waals surface area contributed by atoms with Crippen molar-refractivity contribution >= 4 is 18.0 Å². The maximum atomic E-state index is 11.9. The number of hydrogen-bond donors (Lipinski definition) is 2. The first-order valence-electron chi connectivity index (χ1n) is 5.56. The number of carbonyl (C=O) groups excluding carboxylic acids is 2. The zero-order valence-electron chi connectivity index (χ0n) is 10.0. The number of esters is 1. The van der Waals surface area contributed by atoms with Gasteiger partial charge in [-0.05, 0) is 6.92 Å². The van der Waals surface area contributed by atoms with Crippen LogP contribution in [0, 0.1) is 0 Å². The molecule has 2 amide bonds. The molecule has 1 atom stereocenters. The number of carboxylic acid groups (broad SMARTS) is 1. The van der Waals surface area contributed by atoms with Gasteiger partial charge in [-0.15, -0.1) is 0 Å². The van der Waals surface area contributed by atoms with Crippen LogP contribution in [0.1, 0.15) is 6.92 Å². The van der Waals surface area contributed by atoms with E-state index in [2.05, 4.69) is 0 Å². The second-order valence-electron chi connectivity index (χ2n) is 3.74. The summed E-state index contributed by atoms with van der Waals surface area (Å²) in [5.74, 6) is -1.13. The Balaban J connectivity index is 2.68. The van der Waals surface area contributed by atoms with Crippen molar-refractivity contribution in [2.45, 2.75) is 13.0 Å². The van der Waals surface area contributed by atoms with Gasteiger partial charge in [-0.1, -0.05) is 0 Å². The summed E-state index contributed by atoms with van der Waals surface area (Å²) in [6.07, 6.45) is -1.27. The average Bonchev–Trinajstić information content (AvgIpc) is 2.31. The minimum atomic E-state index is -1.27. The van der Waals surface area contributed by atoms with E-state index in [1.54, 1.807) is 6.92 Å². The fourth-order valence-electron chi connectivity index (χ4n) is 1.76. The maximum absolute atomic E-state index is 11.9.